The fourth-order valence-corrected chi connectivity index (χ4v) is 1.73. The van der Waals surface area contributed by atoms with Crippen LogP contribution in [-0.4, -0.2) is 22.9 Å². The average molecular weight is 271 g/mol. The van der Waals surface area contributed by atoms with Crippen LogP contribution in [-0.2, 0) is 11.3 Å². The summed E-state index contributed by atoms with van der Waals surface area (Å²) in [5.74, 6) is 0.124. The molecule has 0 heterocycles. The van der Waals surface area contributed by atoms with E-state index < -0.39 is 0 Å². The predicted octanol–water partition coefficient (Wildman–Crippen LogP) is 2.58. The Balaban J connectivity index is 0.00000289. The molecule has 102 valence electrons. The number of rotatable bonds is 5. The molecule has 0 aliphatic carbocycles. The summed E-state index contributed by atoms with van der Waals surface area (Å²) < 4.78 is 0. The molecule has 0 radical (unpaired) electrons. The lowest BCUT2D eigenvalue weighted by molar-refractivity contribution is -0.133. The third kappa shape index (κ3) is 5.52. The van der Waals surface area contributed by atoms with Crippen molar-refractivity contribution in [3.8, 4) is 0 Å². The first kappa shape index (κ1) is 16.9. The largest absolute Gasteiger partial charge is 0.336 e. The highest BCUT2D eigenvalue weighted by Gasteiger charge is 2.18. The number of carbonyl (C=O) groups excluding carboxylic acids is 1. The first-order valence-corrected chi connectivity index (χ1v) is 6.09. The average Bonchev–Trinajstić information content (AvgIpc) is 2.25. The molecule has 0 spiro atoms. The summed E-state index contributed by atoms with van der Waals surface area (Å²) in [5.41, 5.74) is 6.83. The Hall–Kier alpha value is -1.06. The van der Waals surface area contributed by atoms with Gasteiger partial charge in [-0.05, 0) is 26.3 Å². The highest BCUT2D eigenvalue weighted by molar-refractivity contribution is 5.85. The normalized spacial score (nSPS) is 11.8. The number of nitrogens with two attached hydrogens (primary N) is 1. The summed E-state index contributed by atoms with van der Waals surface area (Å²) in [5, 5.41) is 0. The Morgan fingerprint density at radius 3 is 2.22 bits per heavy atom. The SMILES string of the molecule is CC(N)CC(=O)N(Cc1ccccc1)C(C)C.Cl. The van der Waals surface area contributed by atoms with Crippen molar-refractivity contribution in [2.75, 3.05) is 0 Å². The Morgan fingerprint density at radius 2 is 1.78 bits per heavy atom. The van der Waals surface area contributed by atoms with E-state index in [9.17, 15) is 4.79 Å². The zero-order valence-corrected chi connectivity index (χ0v) is 12.1. The molecule has 1 atom stereocenters. The Morgan fingerprint density at radius 1 is 1.22 bits per heavy atom. The molecule has 0 saturated heterocycles. The number of carbonyl (C=O) groups is 1. The summed E-state index contributed by atoms with van der Waals surface area (Å²) in [7, 11) is 0. The van der Waals surface area contributed by atoms with Gasteiger partial charge in [0.25, 0.3) is 0 Å². The summed E-state index contributed by atoms with van der Waals surface area (Å²) >= 11 is 0. The summed E-state index contributed by atoms with van der Waals surface area (Å²) in [6.45, 7) is 6.58. The van der Waals surface area contributed by atoms with Crippen LogP contribution in [0.25, 0.3) is 0 Å². The van der Waals surface area contributed by atoms with E-state index in [0.29, 0.717) is 13.0 Å². The van der Waals surface area contributed by atoms with Gasteiger partial charge in [0.1, 0.15) is 0 Å². The van der Waals surface area contributed by atoms with Gasteiger partial charge in [0.05, 0.1) is 0 Å². The van der Waals surface area contributed by atoms with E-state index in [1.165, 1.54) is 0 Å². The van der Waals surface area contributed by atoms with Gasteiger partial charge >= 0.3 is 0 Å². The molecule has 2 N–H and O–H groups in total. The lowest BCUT2D eigenvalue weighted by Crippen LogP contribution is -2.39. The molecule has 1 rings (SSSR count). The van der Waals surface area contributed by atoms with Gasteiger partial charge in [0.2, 0.25) is 5.91 Å². The van der Waals surface area contributed by atoms with Crippen LogP contribution in [0.3, 0.4) is 0 Å². The minimum absolute atomic E-state index is 0. The monoisotopic (exact) mass is 270 g/mol. The predicted molar refractivity (Wildman–Crippen MR) is 77.6 cm³/mol. The van der Waals surface area contributed by atoms with Gasteiger partial charge in [-0.3, -0.25) is 4.79 Å². The number of amides is 1. The fraction of sp³-hybridized carbons (Fsp3) is 0.500. The number of halogens is 1. The van der Waals surface area contributed by atoms with Crippen LogP contribution < -0.4 is 5.73 Å². The smallest absolute Gasteiger partial charge is 0.224 e. The Labute approximate surface area is 116 Å². The van der Waals surface area contributed by atoms with Crippen molar-refractivity contribution in [1.82, 2.24) is 4.90 Å². The van der Waals surface area contributed by atoms with Gasteiger partial charge in [0, 0.05) is 25.0 Å². The van der Waals surface area contributed by atoms with E-state index in [-0.39, 0.29) is 30.4 Å². The third-order valence-electron chi connectivity index (χ3n) is 2.64. The maximum absolute atomic E-state index is 12.0. The molecule has 0 aliphatic rings. The van der Waals surface area contributed by atoms with Crippen molar-refractivity contribution in [2.24, 2.45) is 5.73 Å². The van der Waals surface area contributed by atoms with Crippen molar-refractivity contribution < 1.29 is 4.79 Å². The lowest BCUT2D eigenvalue weighted by atomic mass is 10.1. The zero-order chi connectivity index (χ0) is 12.8. The van der Waals surface area contributed by atoms with Crippen molar-refractivity contribution in [1.29, 1.82) is 0 Å². The highest BCUT2D eigenvalue weighted by Crippen LogP contribution is 2.10. The van der Waals surface area contributed by atoms with Crippen molar-refractivity contribution >= 4 is 18.3 Å². The number of hydrogen-bond donors (Lipinski definition) is 1. The van der Waals surface area contributed by atoms with E-state index in [0.717, 1.165) is 5.56 Å². The van der Waals surface area contributed by atoms with Gasteiger partial charge in [0.15, 0.2) is 0 Å². The van der Waals surface area contributed by atoms with Gasteiger partial charge < -0.3 is 10.6 Å². The van der Waals surface area contributed by atoms with Crippen LogP contribution in [0.15, 0.2) is 30.3 Å². The van der Waals surface area contributed by atoms with E-state index in [2.05, 4.69) is 0 Å². The molecule has 0 fully saturated rings. The topological polar surface area (TPSA) is 46.3 Å². The highest BCUT2D eigenvalue weighted by atomic mass is 35.5. The molecule has 1 unspecified atom stereocenters. The van der Waals surface area contributed by atoms with Crippen molar-refractivity contribution in [3.63, 3.8) is 0 Å². The molecule has 1 aromatic carbocycles. The van der Waals surface area contributed by atoms with E-state index in [1.54, 1.807) is 0 Å². The van der Waals surface area contributed by atoms with Crippen LogP contribution in [0.5, 0.6) is 0 Å². The van der Waals surface area contributed by atoms with E-state index >= 15 is 0 Å². The second-order valence-corrected chi connectivity index (χ2v) is 4.78. The molecule has 1 aromatic rings. The summed E-state index contributed by atoms with van der Waals surface area (Å²) in [6.07, 6.45) is 0.408. The minimum Gasteiger partial charge on any atom is -0.336 e. The van der Waals surface area contributed by atoms with Gasteiger partial charge in [-0.15, -0.1) is 12.4 Å². The van der Waals surface area contributed by atoms with E-state index in [1.807, 2.05) is 56.0 Å². The second kappa shape index (κ2) is 8.11. The van der Waals surface area contributed by atoms with Crippen LogP contribution >= 0.6 is 12.4 Å². The molecule has 0 aromatic heterocycles. The first-order chi connectivity index (χ1) is 8.00. The molecule has 0 aliphatic heterocycles. The summed E-state index contributed by atoms with van der Waals surface area (Å²) in [4.78, 5) is 13.9. The maximum atomic E-state index is 12.0. The van der Waals surface area contributed by atoms with Gasteiger partial charge in [-0.1, -0.05) is 30.3 Å². The maximum Gasteiger partial charge on any atom is 0.224 e. The second-order valence-electron chi connectivity index (χ2n) is 4.78. The van der Waals surface area contributed by atoms with Gasteiger partial charge in [-0.25, -0.2) is 0 Å². The number of benzene rings is 1. The standard InChI is InChI=1S/C14H22N2O.ClH/c1-11(2)16(14(17)9-12(3)15)10-13-7-5-4-6-8-13;/h4-8,11-12H,9-10,15H2,1-3H3;1H. The Bertz CT molecular complexity index is 352. The van der Waals surface area contributed by atoms with E-state index in [4.69, 9.17) is 5.73 Å². The number of nitrogens with zero attached hydrogens (tertiary/aromatic N) is 1. The summed E-state index contributed by atoms with van der Waals surface area (Å²) in [6, 6.07) is 10.1. The molecule has 3 nitrogen and oxygen atoms in total. The Kier molecular flexibility index (Phi) is 7.64. The molecular formula is C14H23ClN2O. The van der Waals surface area contributed by atoms with Crippen molar-refractivity contribution in [3.05, 3.63) is 35.9 Å². The molecular weight excluding hydrogens is 248 g/mol. The zero-order valence-electron chi connectivity index (χ0n) is 11.3. The lowest BCUT2D eigenvalue weighted by Gasteiger charge is -2.27. The molecule has 0 bridgehead atoms. The molecule has 18 heavy (non-hydrogen) atoms. The quantitative estimate of drug-likeness (QED) is 0.894. The number of hydrogen-bond acceptors (Lipinski definition) is 2. The molecule has 1 amide bonds. The van der Waals surface area contributed by atoms with Crippen LogP contribution in [0.4, 0.5) is 0 Å². The van der Waals surface area contributed by atoms with Gasteiger partial charge in [-0.2, -0.15) is 0 Å². The molecule has 0 saturated carbocycles. The van der Waals surface area contributed by atoms with Crippen LogP contribution in [0.2, 0.25) is 0 Å². The fourth-order valence-electron chi connectivity index (χ4n) is 1.73. The molecule has 4 heteroatoms. The third-order valence-corrected chi connectivity index (χ3v) is 2.64. The minimum atomic E-state index is -0.0838. The first-order valence-electron chi connectivity index (χ1n) is 6.09. The van der Waals surface area contributed by atoms with Crippen LogP contribution in [0.1, 0.15) is 32.8 Å². The van der Waals surface area contributed by atoms with Crippen molar-refractivity contribution in [2.45, 2.75) is 45.8 Å². The van der Waals surface area contributed by atoms with Crippen LogP contribution in [0, 0.1) is 0 Å².